The lowest BCUT2D eigenvalue weighted by Gasteiger charge is -2.42. The molecule has 1 aliphatic heterocycles. The SMILES string of the molecule is CC1(C)CCC(C)(C)c2cc(-c3nccc(N4CCC(NCC(O)CO)C4)n3)ccc21. The van der Waals surface area contributed by atoms with Crippen LogP contribution in [-0.2, 0) is 10.8 Å². The summed E-state index contributed by atoms with van der Waals surface area (Å²) in [4.78, 5) is 11.8. The standard InChI is InChI=1S/C25H36N4O2/c1-24(2)9-10-25(3,4)21-13-17(5-6-20(21)24)23-26-11-7-22(28-23)29-12-8-18(15-29)27-14-19(31)16-30/h5-7,11,13,18-19,27,30-31H,8-10,12,14-16H2,1-4H3. The van der Waals surface area contributed by atoms with Gasteiger partial charge in [-0.1, -0.05) is 39.8 Å². The summed E-state index contributed by atoms with van der Waals surface area (Å²) in [5.74, 6) is 1.71. The molecule has 168 valence electrons. The van der Waals surface area contributed by atoms with Crippen LogP contribution in [0.15, 0.2) is 30.5 Å². The Balaban J connectivity index is 1.54. The molecule has 3 N–H and O–H groups in total. The normalized spacial score (nSPS) is 22.9. The first-order valence-electron chi connectivity index (χ1n) is 11.5. The van der Waals surface area contributed by atoms with Crippen LogP contribution in [0.4, 0.5) is 5.82 Å². The van der Waals surface area contributed by atoms with Crippen LogP contribution in [-0.4, -0.2) is 58.6 Å². The molecule has 0 amide bonds. The number of aliphatic hydroxyl groups excluding tert-OH is 2. The van der Waals surface area contributed by atoms with Gasteiger partial charge in [0.2, 0.25) is 0 Å². The number of anilines is 1. The number of benzene rings is 1. The lowest BCUT2D eigenvalue weighted by atomic mass is 9.63. The number of aliphatic hydroxyl groups is 2. The highest BCUT2D eigenvalue weighted by molar-refractivity contribution is 5.61. The maximum atomic E-state index is 9.57. The van der Waals surface area contributed by atoms with Crippen molar-refractivity contribution in [3.63, 3.8) is 0 Å². The predicted octanol–water partition coefficient (Wildman–Crippen LogP) is 3.01. The monoisotopic (exact) mass is 424 g/mol. The van der Waals surface area contributed by atoms with Crippen molar-refractivity contribution in [2.45, 2.75) is 69.9 Å². The van der Waals surface area contributed by atoms with Crippen LogP contribution in [0.1, 0.15) is 58.1 Å². The topological polar surface area (TPSA) is 81.5 Å². The fourth-order valence-electron chi connectivity index (χ4n) is 4.89. The molecule has 0 saturated carbocycles. The van der Waals surface area contributed by atoms with Gasteiger partial charge in [-0.2, -0.15) is 0 Å². The zero-order valence-electron chi connectivity index (χ0n) is 19.2. The minimum atomic E-state index is -0.710. The van der Waals surface area contributed by atoms with Crippen LogP contribution in [0, 0.1) is 0 Å². The fourth-order valence-corrected chi connectivity index (χ4v) is 4.89. The Morgan fingerprint density at radius 1 is 1.13 bits per heavy atom. The number of nitrogens with one attached hydrogen (secondary N) is 1. The summed E-state index contributed by atoms with van der Waals surface area (Å²) < 4.78 is 0. The minimum absolute atomic E-state index is 0.158. The molecule has 2 atom stereocenters. The van der Waals surface area contributed by atoms with Crippen molar-refractivity contribution in [3.05, 3.63) is 41.6 Å². The summed E-state index contributed by atoms with van der Waals surface area (Å²) in [6, 6.07) is 9.02. The molecule has 0 spiro atoms. The van der Waals surface area contributed by atoms with Crippen molar-refractivity contribution in [2.24, 2.45) is 0 Å². The highest BCUT2D eigenvalue weighted by atomic mass is 16.3. The van der Waals surface area contributed by atoms with Gasteiger partial charge in [-0.15, -0.1) is 0 Å². The van der Waals surface area contributed by atoms with E-state index in [9.17, 15) is 5.11 Å². The molecule has 31 heavy (non-hydrogen) atoms. The molecule has 2 heterocycles. The highest BCUT2D eigenvalue weighted by Gasteiger charge is 2.37. The third-order valence-electron chi connectivity index (χ3n) is 7.12. The van der Waals surface area contributed by atoms with Crippen molar-refractivity contribution < 1.29 is 10.2 Å². The number of rotatable bonds is 6. The molecule has 0 bridgehead atoms. The van der Waals surface area contributed by atoms with Gasteiger partial charge in [-0.05, 0) is 53.4 Å². The predicted molar refractivity (Wildman–Crippen MR) is 124 cm³/mol. The molecule has 2 unspecified atom stereocenters. The second-order valence-corrected chi connectivity index (χ2v) is 10.4. The van der Waals surface area contributed by atoms with Crippen LogP contribution >= 0.6 is 0 Å². The van der Waals surface area contributed by atoms with Crippen molar-refractivity contribution in [1.82, 2.24) is 15.3 Å². The van der Waals surface area contributed by atoms with Crippen molar-refractivity contribution in [3.8, 4) is 11.4 Å². The first-order chi connectivity index (χ1) is 14.7. The minimum Gasteiger partial charge on any atom is -0.394 e. The lowest BCUT2D eigenvalue weighted by molar-refractivity contribution is 0.0924. The molecule has 2 aromatic rings. The molecule has 0 radical (unpaired) electrons. The Labute approximate surface area is 185 Å². The van der Waals surface area contributed by atoms with E-state index < -0.39 is 6.10 Å². The molecule has 1 aliphatic carbocycles. The van der Waals surface area contributed by atoms with Crippen LogP contribution in [0.25, 0.3) is 11.4 Å². The first kappa shape index (κ1) is 22.2. The van der Waals surface area contributed by atoms with Crippen molar-refractivity contribution in [2.75, 3.05) is 31.1 Å². The van der Waals surface area contributed by atoms with Crippen LogP contribution in [0.5, 0.6) is 0 Å². The molecule has 2 aliphatic rings. The molecule has 1 aromatic heterocycles. The van der Waals surface area contributed by atoms with Crippen molar-refractivity contribution >= 4 is 5.82 Å². The van der Waals surface area contributed by atoms with E-state index in [1.807, 2.05) is 12.3 Å². The first-order valence-corrected chi connectivity index (χ1v) is 11.5. The molecule has 6 heteroatoms. The lowest BCUT2D eigenvalue weighted by Crippen LogP contribution is -2.38. The number of fused-ring (bicyclic) bond motifs is 1. The van der Waals surface area contributed by atoms with E-state index in [-0.39, 0.29) is 23.5 Å². The third kappa shape index (κ3) is 4.61. The molecule has 1 saturated heterocycles. The number of hydrogen-bond acceptors (Lipinski definition) is 6. The molecule has 6 nitrogen and oxygen atoms in total. The van der Waals surface area contributed by atoms with Gasteiger partial charge in [0.05, 0.1) is 12.7 Å². The summed E-state index contributed by atoms with van der Waals surface area (Å²) in [5, 5.41) is 21.9. The Morgan fingerprint density at radius 3 is 2.61 bits per heavy atom. The summed E-state index contributed by atoms with van der Waals surface area (Å²) in [6.07, 6.45) is 4.52. The van der Waals surface area contributed by atoms with Crippen LogP contribution in [0.2, 0.25) is 0 Å². The van der Waals surface area contributed by atoms with E-state index >= 15 is 0 Å². The average Bonchev–Trinajstić information content (AvgIpc) is 3.24. The highest BCUT2D eigenvalue weighted by Crippen LogP contribution is 2.46. The van der Waals surface area contributed by atoms with E-state index in [1.165, 1.54) is 24.0 Å². The molecular formula is C25H36N4O2. The van der Waals surface area contributed by atoms with Gasteiger partial charge in [0.25, 0.3) is 0 Å². The molecule has 4 rings (SSSR count). The number of aromatic nitrogens is 2. The molecular weight excluding hydrogens is 388 g/mol. The summed E-state index contributed by atoms with van der Waals surface area (Å²) in [7, 11) is 0. The van der Waals surface area contributed by atoms with Gasteiger partial charge in [-0.25, -0.2) is 9.97 Å². The smallest absolute Gasteiger partial charge is 0.161 e. The zero-order chi connectivity index (χ0) is 22.2. The summed E-state index contributed by atoms with van der Waals surface area (Å²) >= 11 is 0. The van der Waals surface area contributed by atoms with Gasteiger partial charge >= 0.3 is 0 Å². The molecule has 1 fully saturated rings. The van der Waals surface area contributed by atoms with Gasteiger partial charge in [0, 0.05) is 37.4 Å². The average molecular weight is 425 g/mol. The van der Waals surface area contributed by atoms with Crippen LogP contribution in [0.3, 0.4) is 0 Å². The van der Waals surface area contributed by atoms with Gasteiger partial charge in [0.15, 0.2) is 5.82 Å². The Bertz CT molecular complexity index is 927. The molecule has 1 aromatic carbocycles. The summed E-state index contributed by atoms with van der Waals surface area (Å²) in [5.41, 5.74) is 4.30. The largest absolute Gasteiger partial charge is 0.394 e. The quantitative estimate of drug-likeness (QED) is 0.661. The van der Waals surface area contributed by atoms with E-state index in [4.69, 9.17) is 10.1 Å². The Kier molecular flexibility index (Phi) is 6.08. The maximum absolute atomic E-state index is 9.57. The zero-order valence-corrected chi connectivity index (χ0v) is 19.2. The van der Waals surface area contributed by atoms with Gasteiger partial charge in [-0.3, -0.25) is 0 Å². The van der Waals surface area contributed by atoms with Crippen LogP contribution < -0.4 is 10.2 Å². The second kappa shape index (κ2) is 8.49. The van der Waals surface area contributed by atoms with Crippen molar-refractivity contribution in [1.29, 1.82) is 0 Å². The number of hydrogen-bond donors (Lipinski definition) is 3. The van der Waals surface area contributed by atoms with Gasteiger partial charge < -0.3 is 20.4 Å². The maximum Gasteiger partial charge on any atom is 0.161 e. The van der Waals surface area contributed by atoms with E-state index in [0.29, 0.717) is 6.54 Å². The summed E-state index contributed by atoms with van der Waals surface area (Å²) in [6.45, 7) is 11.3. The Morgan fingerprint density at radius 2 is 1.87 bits per heavy atom. The Hall–Kier alpha value is -2.02. The fraction of sp³-hybridized carbons (Fsp3) is 0.600. The third-order valence-corrected chi connectivity index (χ3v) is 7.12. The second-order valence-electron chi connectivity index (χ2n) is 10.4. The number of nitrogens with zero attached hydrogens (tertiary/aromatic N) is 3. The van der Waals surface area contributed by atoms with Gasteiger partial charge in [0.1, 0.15) is 5.82 Å². The van der Waals surface area contributed by atoms with E-state index in [2.05, 4.69) is 61.1 Å². The van der Waals surface area contributed by atoms with E-state index in [0.717, 1.165) is 36.7 Å². The van der Waals surface area contributed by atoms with E-state index in [1.54, 1.807) is 0 Å².